The number of aromatic nitrogens is 1. The van der Waals surface area contributed by atoms with Crippen LogP contribution in [0.5, 0.6) is 0 Å². The molecule has 5 nitrogen and oxygen atoms in total. The Labute approximate surface area is 125 Å². The zero-order chi connectivity index (χ0) is 15.4. The van der Waals surface area contributed by atoms with E-state index in [9.17, 15) is 4.79 Å². The number of carbonyl (C=O) groups excluding carboxylic acids is 1. The fourth-order valence-corrected chi connectivity index (χ4v) is 2.03. The van der Waals surface area contributed by atoms with Crippen LogP contribution in [0.4, 0.5) is 11.4 Å². The van der Waals surface area contributed by atoms with E-state index >= 15 is 0 Å². The van der Waals surface area contributed by atoms with Crippen molar-refractivity contribution in [2.45, 2.75) is 6.54 Å². The third kappa shape index (κ3) is 3.51. The van der Waals surface area contributed by atoms with E-state index in [0.29, 0.717) is 12.2 Å². The first-order chi connectivity index (χ1) is 9.99. The molecule has 0 fully saturated rings. The normalized spacial score (nSPS) is 10.2. The number of amides is 1. The monoisotopic (exact) mass is 284 g/mol. The summed E-state index contributed by atoms with van der Waals surface area (Å²) in [4.78, 5) is 19.6. The molecule has 0 spiro atoms. The summed E-state index contributed by atoms with van der Waals surface area (Å²) in [6.45, 7) is 0.673. The van der Waals surface area contributed by atoms with Gasteiger partial charge in [0.25, 0.3) is 5.91 Å². The fourth-order valence-electron chi connectivity index (χ4n) is 2.03. The van der Waals surface area contributed by atoms with Crippen LogP contribution in [0.3, 0.4) is 0 Å². The molecule has 1 amide bonds. The van der Waals surface area contributed by atoms with Gasteiger partial charge >= 0.3 is 0 Å². The van der Waals surface area contributed by atoms with E-state index in [1.807, 2.05) is 42.3 Å². The summed E-state index contributed by atoms with van der Waals surface area (Å²) < 4.78 is 0. The number of nitrogens with two attached hydrogens (primary N) is 1. The molecule has 110 valence electrons. The average molecular weight is 284 g/mol. The Morgan fingerprint density at radius 3 is 2.57 bits per heavy atom. The summed E-state index contributed by atoms with van der Waals surface area (Å²) >= 11 is 0. The van der Waals surface area contributed by atoms with E-state index in [4.69, 9.17) is 5.73 Å². The second-order valence-electron chi connectivity index (χ2n) is 5.15. The predicted octanol–water partition coefficient (Wildman–Crippen LogP) is 2.00. The molecule has 21 heavy (non-hydrogen) atoms. The van der Waals surface area contributed by atoms with Gasteiger partial charge in [0, 0.05) is 45.3 Å². The lowest BCUT2D eigenvalue weighted by Gasteiger charge is -2.21. The SMILES string of the molecule is CN(C)C(=O)c1cc(N(C)Cc2ccccc2N)ccn1. The average Bonchev–Trinajstić information content (AvgIpc) is 2.48. The van der Waals surface area contributed by atoms with Gasteiger partial charge in [-0.1, -0.05) is 18.2 Å². The van der Waals surface area contributed by atoms with Crippen LogP contribution >= 0.6 is 0 Å². The number of hydrogen-bond acceptors (Lipinski definition) is 4. The van der Waals surface area contributed by atoms with E-state index in [-0.39, 0.29) is 5.91 Å². The first kappa shape index (κ1) is 14.8. The van der Waals surface area contributed by atoms with Crippen LogP contribution in [0, 0.1) is 0 Å². The molecule has 2 aromatic rings. The molecular weight excluding hydrogens is 264 g/mol. The Kier molecular flexibility index (Phi) is 4.42. The molecule has 0 saturated carbocycles. The van der Waals surface area contributed by atoms with Gasteiger partial charge in [0.05, 0.1) is 0 Å². The molecule has 0 aliphatic rings. The first-order valence-corrected chi connectivity index (χ1v) is 6.71. The number of rotatable bonds is 4. The molecule has 0 saturated heterocycles. The van der Waals surface area contributed by atoms with Crippen molar-refractivity contribution in [2.24, 2.45) is 0 Å². The molecule has 1 aromatic carbocycles. The molecule has 5 heteroatoms. The molecule has 0 atom stereocenters. The van der Waals surface area contributed by atoms with Crippen LogP contribution in [0.15, 0.2) is 42.6 Å². The van der Waals surface area contributed by atoms with Crippen molar-refractivity contribution in [2.75, 3.05) is 31.8 Å². The zero-order valence-corrected chi connectivity index (χ0v) is 12.6. The molecule has 1 aromatic heterocycles. The number of nitrogen functional groups attached to an aromatic ring is 1. The van der Waals surface area contributed by atoms with E-state index < -0.39 is 0 Å². The minimum atomic E-state index is -0.107. The molecule has 2 N–H and O–H groups in total. The van der Waals surface area contributed by atoms with E-state index in [1.54, 1.807) is 26.4 Å². The molecule has 2 rings (SSSR count). The van der Waals surface area contributed by atoms with Crippen LogP contribution in [0.2, 0.25) is 0 Å². The van der Waals surface area contributed by atoms with Crippen molar-refractivity contribution in [3.8, 4) is 0 Å². The highest BCUT2D eigenvalue weighted by Crippen LogP contribution is 2.19. The second-order valence-corrected chi connectivity index (χ2v) is 5.15. The lowest BCUT2D eigenvalue weighted by atomic mass is 10.1. The van der Waals surface area contributed by atoms with E-state index in [2.05, 4.69) is 4.98 Å². The maximum Gasteiger partial charge on any atom is 0.272 e. The number of anilines is 2. The molecular formula is C16H20N4O. The van der Waals surface area contributed by atoms with Gasteiger partial charge in [0.1, 0.15) is 5.69 Å². The highest BCUT2D eigenvalue weighted by Gasteiger charge is 2.12. The van der Waals surface area contributed by atoms with Crippen LogP contribution in [-0.4, -0.2) is 36.9 Å². The maximum absolute atomic E-state index is 12.0. The zero-order valence-electron chi connectivity index (χ0n) is 12.6. The van der Waals surface area contributed by atoms with E-state index in [0.717, 1.165) is 16.9 Å². The number of carbonyl (C=O) groups is 1. The number of pyridine rings is 1. The molecule has 0 radical (unpaired) electrons. The number of hydrogen-bond donors (Lipinski definition) is 1. The Morgan fingerprint density at radius 2 is 1.90 bits per heavy atom. The summed E-state index contributed by atoms with van der Waals surface area (Å²) in [6.07, 6.45) is 1.65. The Morgan fingerprint density at radius 1 is 1.19 bits per heavy atom. The molecule has 0 aliphatic heterocycles. The third-order valence-electron chi connectivity index (χ3n) is 3.27. The highest BCUT2D eigenvalue weighted by atomic mass is 16.2. The van der Waals surface area contributed by atoms with Crippen molar-refractivity contribution >= 4 is 17.3 Å². The minimum absolute atomic E-state index is 0.107. The smallest absolute Gasteiger partial charge is 0.272 e. The topological polar surface area (TPSA) is 62.5 Å². The summed E-state index contributed by atoms with van der Waals surface area (Å²) in [5.41, 5.74) is 9.15. The molecule has 0 bridgehead atoms. The predicted molar refractivity (Wildman–Crippen MR) is 85.2 cm³/mol. The van der Waals surface area contributed by atoms with Gasteiger partial charge in [-0.25, -0.2) is 0 Å². The van der Waals surface area contributed by atoms with Crippen LogP contribution in [-0.2, 0) is 6.54 Å². The molecule has 0 unspecified atom stereocenters. The molecule has 0 aliphatic carbocycles. The number of nitrogens with zero attached hydrogens (tertiary/aromatic N) is 3. The minimum Gasteiger partial charge on any atom is -0.398 e. The van der Waals surface area contributed by atoms with Gasteiger partial charge in [0.15, 0.2) is 0 Å². The van der Waals surface area contributed by atoms with Crippen LogP contribution < -0.4 is 10.6 Å². The van der Waals surface area contributed by atoms with Gasteiger partial charge in [-0.15, -0.1) is 0 Å². The van der Waals surface area contributed by atoms with Crippen molar-refractivity contribution in [1.82, 2.24) is 9.88 Å². The Bertz CT molecular complexity index is 640. The van der Waals surface area contributed by atoms with Gasteiger partial charge in [-0.2, -0.15) is 0 Å². The lowest BCUT2D eigenvalue weighted by molar-refractivity contribution is 0.0822. The number of benzene rings is 1. The van der Waals surface area contributed by atoms with Crippen molar-refractivity contribution in [1.29, 1.82) is 0 Å². The molecule has 1 heterocycles. The summed E-state index contributed by atoms with van der Waals surface area (Å²) in [7, 11) is 5.39. The van der Waals surface area contributed by atoms with Crippen molar-refractivity contribution < 1.29 is 4.79 Å². The summed E-state index contributed by atoms with van der Waals surface area (Å²) in [5, 5.41) is 0. The fraction of sp³-hybridized carbons (Fsp3) is 0.250. The summed E-state index contributed by atoms with van der Waals surface area (Å²) in [6, 6.07) is 11.4. The standard InChI is InChI=1S/C16H20N4O/c1-19(2)16(21)15-10-13(8-9-18-15)20(3)11-12-6-4-5-7-14(12)17/h4-10H,11,17H2,1-3H3. The van der Waals surface area contributed by atoms with Crippen LogP contribution in [0.1, 0.15) is 16.1 Å². The van der Waals surface area contributed by atoms with Crippen LogP contribution in [0.25, 0.3) is 0 Å². The van der Waals surface area contributed by atoms with Gasteiger partial charge in [-0.05, 0) is 23.8 Å². The van der Waals surface area contributed by atoms with Gasteiger partial charge < -0.3 is 15.5 Å². The second kappa shape index (κ2) is 6.26. The highest BCUT2D eigenvalue weighted by molar-refractivity contribution is 5.92. The quantitative estimate of drug-likeness (QED) is 0.872. The Balaban J connectivity index is 2.20. The van der Waals surface area contributed by atoms with Gasteiger partial charge in [0.2, 0.25) is 0 Å². The van der Waals surface area contributed by atoms with E-state index in [1.165, 1.54) is 4.90 Å². The summed E-state index contributed by atoms with van der Waals surface area (Å²) in [5.74, 6) is -0.107. The lowest BCUT2D eigenvalue weighted by Crippen LogP contribution is -2.23. The van der Waals surface area contributed by atoms with Crippen molar-refractivity contribution in [3.63, 3.8) is 0 Å². The Hall–Kier alpha value is -2.56. The van der Waals surface area contributed by atoms with Gasteiger partial charge in [-0.3, -0.25) is 9.78 Å². The number of para-hydroxylation sites is 1. The third-order valence-corrected chi connectivity index (χ3v) is 3.27. The van der Waals surface area contributed by atoms with Crippen molar-refractivity contribution in [3.05, 3.63) is 53.9 Å². The largest absolute Gasteiger partial charge is 0.398 e. The first-order valence-electron chi connectivity index (χ1n) is 6.71. The maximum atomic E-state index is 12.0.